The molecule has 2 rings (SSSR count). The minimum Gasteiger partial charge on any atom is -0.390 e. The predicted octanol–water partition coefficient (Wildman–Crippen LogP) is 2.28. The highest BCUT2D eigenvalue weighted by atomic mass is 19.2. The SMILES string of the molecule is CC1CCN(CC(O)CNC(=O)C(C)c2ccc(F)c(F)c2)CC1. The van der Waals surface area contributed by atoms with Gasteiger partial charge in [0.25, 0.3) is 0 Å². The molecule has 1 aliphatic heterocycles. The molecule has 2 N–H and O–H groups in total. The number of aliphatic hydroxyl groups is 1. The molecule has 1 amide bonds. The third-order valence-electron chi connectivity index (χ3n) is 4.69. The second kappa shape index (κ2) is 8.53. The number of piperidine rings is 1. The Kier molecular flexibility index (Phi) is 6.69. The normalized spacial score (nSPS) is 19.0. The Morgan fingerprint density at radius 3 is 2.62 bits per heavy atom. The first-order chi connectivity index (χ1) is 11.4. The fourth-order valence-electron chi connectivity index (χ4n) is 2.91. The average Bonchev–Trinajstić information content (AvgIpc) is 2.56. The zero-order chi connectivity index (χ0) is 17.7. The Morgan fingerprint density at radius 2 is 2.00 bits per heavy atom. The molecule has 1 heterocycles. The number of aliphatic hydroxyl groups excluding tert-OH is 1. The monoisotopic (exact) mass is 340 g/mol. The second-order valence-electron chi connectivity index (χ2n) is 6.78. The van der Waals surface area contributed by atoms with E-state index in [0.717, 1.165) is 44.0 Å². The lowest BCUT2D eigenvalue weighted by atomic mass is 9.99. The summed E-state index contributed by atoms with van der Waals surface area (Å²) in [6.45, 7) is 6.48. The number of likely N-dealkylation sites (tertiary alicyclic amines) is 1. The van der Waals surface area contributed by atoms with Crippen LogP contribution in [0.2, 0.25) is 0 Å². The molecule has 1 aromatic rings. The topological polar surface area (TPSA) is 52.6 Å². The van der Waals surface area contributed by atoms with Crippen molar-refractivity contribution in [3.05, 3.63) is 35.4 Å². The molecule has 24 heavy (non-hydrogen) atoms. The highest BCUT2D eigenvalue weighted by Crippen LogP contribution is 2.18. The van der Waals surface area contributed by atoms with E-state index in [4.69, 9.17) is 0 Å². The maximum Gasteiger partial charge on any atom is 0.227 e. The molecule has 2 unspecified atom stereocenters. The molecule has 1 aromatic carbocycles. The molecule has 0 bridgehead atoms. The van der Waals surface area contributed by atoms with E-state index in [1.54, 1.807) is 6.92 Å². The van der Waals surface area contributed by atoms with Crippen molar-refractivity contribution in [3.8, 4) is 0 Å². The number of nitrogens with zero attached hydrogens (tertiary/aromatic N) is 1. The first-order valence-corrected chi connectivity index (χ1v) is 8.50. The lowest BCUT2D eigenvalue weighted by molar-refractivity contribution is -0.122. The number of benzene rings is 1. The van der Waals surface area contributed by atoms with Gasteiger partial charge in [-0.3, -0.25) is 4.79 Å². The molecule has 4 nitrogen and oxygen atoms in total. The highest BCUT2D eigenvalue weighted by molar-refractivity contribution is 5.83. The standard InChI is InChI=1S/C18H26F2N2O2/c1-12-5-7-22(8-6-12)11-15(23)10-21-18(24)13(2)14-3-4-16(19)17(20)9-14/h3-4,9,12-13,15,23H,5-8,10-11H2,1-2H3,(H,21,24). The molecule has 6 heteroatoms. The molecule has 0 aromatic heterocycles. The summed E-state index contributed by atoms with van der Waals surface area (Å²) in [6.07, 6.45) is 1.62. The van der Waals surface area contributed by atoms with Crippen LogP contribution in [0.1, 0.15) is 38.2 Å². The number of hydrogen-bond acceptors (Lipinski definition) is 3. The quantitative estimate of drug-likeness (QED) is 0.835. The van der Waals surface area contributed by atoms with Gasteiger partial charge in [0.2, 0.25) is 5.91 Å². The average molecular weight is 340 g/mol. The molecule has 2 atom stereocenters. The summed E-state index contributed by atoms with van der Waals surface area (Å²) >= 11 is 0. The largest absolute Gasteiger partial charge is 0.390 e. The Balaban J connectivity index is 1.78. The van der Waals surface area contributed by atoms with E-state index >= 15 is 0 Å². The zero-order valence-electron chi connectivity index (χ0n) is 14.3. The van der Waals surface area contributed by atoms with Gasteiger partial charge >= 0.3 is 0 Å². The smallest absolute Gasteiger partial charge is 0.227 e. The van der Waals surface area contributed by atoms with Gasteiger partial charge in [0.1, 0.15) is 0 Å². The molecule has 1 aliphatic rings. The van der Waals surface area contributed by atoms with Gasteiger partial charge in [-0.1, -0.05) is 13.0 Å². The summed E-state index contributed by atoms with van der Waals surface area (Å²) in [5.41, 5.74) is 0.408. The summed E-state index contributed by atoms with van der Waals surface area (Å²) in [6, 6.07) is 3.44. The number of halogens is 2. The number of nitrogens with one attached hydrogen (secondary N) is 1. The van der Waals surface area contributed by atoms with Gasteiger partial charge in [0, 0.05) is 13.1 Å². The van der Waals surface area contributed by atoms with Crippen LogP contribution in [0.4, 0.5) is 8.78 Å². The third kappa shape index (κ3) is 5.24. The summed E-state index contributed by atoms with van der Waals surface area (Å²) in [5.74, 6) is -2.09. The van der Waals surface area contributed by atoms with Crippen molar-refractivity contribution < 1.29 is 18.7 Å². The zero-order valence-corrected chi connectivity index (χ0v) is 14.3. The van der Waals surface area contributed by atoms with Crippen molar-refractivity contribution in [1.82, 2.24) is 10.2 Å². The third-order valence-corrected chi connectivity index (χ3v) is 4.69. The number of rotatable bonds is 6. The summed E-state index contributed by atoms with van der Waals surface area (Å²) in [7, 11) is 0. The molecule has 0 radical (unpaired) electrons. The van der Waals surface area contributed by atoms with Crippen molar-refractivity contribution in [2.75, 3.05) is 26.2 Å². The van der Waals surface area contributed by atoms with Crippen LogP contribution < -0.4 is 5.32 Å². The van der Waals surface area contributed by atoms with Crippen LogP contribution in [0.25, 0.3) is 0 Å². The van der Waals surface area contributed by atoms with Gasteiger partial charge in [-0.05, 0) is 56.5 Å². The Hall–Kier alpha value is -1.53. The van der Waals surface area contributed by atoms with Gasteiger partial charge in [-0.15, -0.1) is 0 Å². The van der Waals surface area contributed by atoms with E-state index in [1.165, 1.54) is 6.07 Å². The first kappa shape index (κ1) is 18.8. The molecule has 1 fully saturated rings. The number of hydrogen-bond donors (Lipinski definition) is 2. The van der Waals surface area contributed by atoms with Crippen molar-refractivity contribution in [2.24, 2.45) is 5.92 Å². The van der Waals surface area contributed by atoms with E-state index in [0.29, 0.717) is 12.1 Å². The van der Waals surface area contributed by atoms with Crippen molar-refractivity contribution in [3.63, 3.8) is 0 Å². The van der Waals surface area contributed by atoms with Gasteiger partial charge in [0.15, 0.2) is 11.6 Å². The van der Waals surface area contributed by atoms with Crippen molar-refractivity contribution >= 4 is 5.91 Å². The molecule has 0 saturated carbocycles. The summed E-state index contributed by atoms with van der Waals surface area (Å²) in [4.78, 5) is 14.3. The van der Waals surface area contributed by atoms with E-state index in [9.17, 15) is 18.7 Å². The van der Waals surface area contributed by atoms with Crippen LogP contribution in [0, 0.1) is 17.6 Å². The van der Waals surface area contributed by atoms with Crippen LogP contribution in [0.15, 0.2) is 18.2 Å². The molecule has 0 spiro atoms. The van der Waals surface area contributed by atoms with E-state index in [2.05, 4.69) is 17.1 Å². The van der Waals surface area contributed by atoms with Crippen LogP contribution in [-0.2, 0) is 4.79 Å². The lowest BCUT2D eigenvalue weighted by Crippen LogP contribution is -2.43. The van der Waals surface area contributed by atoms with Gasteiger partial charge in [-0.25, -0.2) is 8.78 Å². The van der Waals surface area contributed by atoms with Crippen LogP contribution >= 0.6 is 0 Å². The second-order valence-corrected chi connectivity index (χ2v) is 6.78. The summed E-state index contributed by atoms with van der Waals surface area (Å²) in [5, 5.41) is 12.8. The summed E-state index contributed by atoms with van der Waals surface area (Å²) < 4.78 is 26.2. The Bertz CT molecular complexity index is 560. The predicted molar refractivity (Wildman–Crippen MR) is 88.6 cm³/mol. The highest BCUT2D eigenvalue weighted by Gasteiger charge is 2.20. The Labute approximate surface area is 141 Å². The van der Waals surface area contributed by atoms with Crippen LogP contribution in [-0.4, -0.2) is 48.2 Å². The van der Waals surface area contributed by atoms with Gasteiger partial charge in [0.05, 0.1) is 12.0 Å². The number of carbonyl (C=O) groups excluding carboxylic acids is 1. The van der Waals surface area contributed by atoms with Crippen molar-refractivity contribution in [1.29, 1.82) is 0 Å². The van der Waals surface area contributed by atoms with Crippen molar-refractivity contribution in [2.45, 2.75) is 38.7 Å². The van der Waals surface area contributed by atoms with E-state index in [-0.39, 0.29) is 12.5 Å². The minimum atomic E-state index is -0.966. The lowest BCUT2D eigenvalue weighted by Gasteiger charge is -2.31. The fraction of sp³-hybridized carbons (Fsp3) is 0.611. The fourth-order valence-corrected chi connectivity index (χ4v) is 2.91. The van der Waals surface area contributed by atoms with Gasteiger partial charge < -0.3 is 15.3 Å². The molecular weight excluding hydrogens is 314 g/mol. The maximum absolute atomic E-state index is 13.3. The van der Waals surface area contributed by atoms with E-state index < -0.39 is 23.7 Å². The molecule has 1 saturated heterocycles. The molecule has 0 aliphatic carbocycles. The number of β-amino-alcohol motifs (C(OH)–C–C–N with tert-alkyl or cyclic N) is 1. The van der Waals surface area contributed by atoms with Gasteiger partial charge in [-0.2, -0.15) is 0 Å². The molecule has 134 valence electrons. The number of amides is 1. The maximum atomic E-state index is 13.3. The molecular formula is C18H26F2N2O2. The minimum absolute atomic E-state index is 0.152. The Morgan fingerprint density at radius 1 is 1.33 bits per heavy atom. The number of carbonyl (C=O) groups is 1. The first-order valence-electron chi connectivity index (χ1n) is 8.50. The van der Waals surface area contributed by atoms with Crippen LogP contribution in [0.3, 0.4) is 0 Å². The van der Waals surface area contributed by atoms with E-state index in [1.807, 2.05) is 0 Å². The van der Waals surface area contributed by atoms with Crippen LogP contribution in [0.5, 0.6) is 0 Å².